The van der Waals surface area contributed by atoms with Crippen molar-refractivity contribution in [1.82, 2.24) is 20.4 Å². The first-order valence-electron chi connectivity index (χ1n) is 12.2. The number of hydrogen-bond donors (Lipinski definition) is 2. The lowest BCUT2D eigenvalue weighted by molar-refractivity contribution is -0.133. The number of piperidine rings is 1. The number of hydrogen-bond acceptors (Lipinski definition) is 3. The quantitative estimate of drug-likeness (QED) is 0.566. The Morgan fingerprint density at radius 2 is 1.40 bits per heavy atom. The Morgan fingerprint density at radius 1 is 0.833 bits per heavy atom. The second-order valence-corrected chi connectivity index (χ2v) is 8.84. The van der Waals surface area contributed by atoms with Gasteiger partial charge < -0.3 is 20.4 Å². The molecule has 2 aliphatic rings. The summed E-state index contributed by atoms with van der Waals surface area (Å²) in [6.45, 7) is 7.12. The predicted molar refractivity (Wildman–Crippen MR) is 119 cm³/mol. The first kappa shape index (κ1) is 24.5. The Hall–Kier alpha value is -1.79. The molecule has 2 fully saturated rings. The molecule has 30 heavy (non-hydrogen) atoms. The number of nitrogens with zero attached hydrogens (tertiary/aromatic N) is 2. The molecule has 0 bridgehead atoms. The molecule has 1 aliphatic carbocycles. The highest BCUT2D eigenvalue weighted by atomic mass is 16.2. The van der Waals surface area contributed by atoms with E-state index in [0.29, 0.717) is 38.4 Å². The molecule has 1 aliphatic heterocycles. The van der Waals surface area contributed by atoms with Crippen molar-refractivity contribution in [2.75, 3.05) is 26.2 Å². The molecule has 0 aromatic heterocycles. The van der Waals surface area contributed by atoms with Gasteiger partial charge in [0.25, 0.3) is 0 Å². The number of rotatable bonds is 10. The van der Waals surface area contributed by atoms with Crippen molar-refractivity contribution < 1.29 is 14.4 Å². The molecule has 1 heterocycles. The molecule has 0 aromatic rings. The zero-order valence-corrected chi connectivity index (χ0v) is 19.1. The van der Waals surface area contributed by atoms with E-state index in [4.69, 9.17) is 0 Å². The molecule has 0 aromatic carbocycles. The van der Waals surface area contributed by atoms with Crippen molar-refractivity contribution in [1.29, 1.82) is 0 Å². The van der Waals surface area contributed by atoms with Crippen LogP contribution < -0.4 is 10.6 Å². The molecule has 7 heteroatoms. The van der Waals surface area contributed by atoms with Crippen molar-refractivity contribution in [3.05, 3.63) is 0 Å². The normalized spacial score (nSPS) is 18.1. The Balaban J connectivity index is 1.61. The summed E-state index contributed by atoms with van der Waals surface area (Å²) >= 11 is 0. The minimum Gasteiger partial charge on any atom is -0.343 e. The molecule has 7 nitrogen and oxygen atoms in total. The molecule has 0 spiro atoms. The lowest BCUT2D eigenvalue weighted by atomic mass is 9.96. The van der Waals surface area contributed by atoms with Gasteiger partial charge in [-0.05, 0) is 44.9 Å². The molecular weight excluding hydrogens is 380 g/mol. The van der Waals surface area contributed by atoms with Gasteiger partial charge in [0.15, 0.2) is 0 Å². The standard InChI is InChI=1S/C23H42N4O3/c1-3-15-26(16-4-2)21(28)11-8-12-22(29)27-17-13-20(14-18-27)25-23(30)24-19-9-6-5-7-10-19/h19-20H,3-18H2,1-2H3,(H2,24,25,30). The van der Waals surface area contributed by atoms with Crippen LogP contribution in [0.1, 0.15) is 90.9 Å². The summed E-state index contributed by atoms with van der Waals surface area (Å²) in [4.78, 5) is 40.8. The highest BCUT2D eigenvalue weighted by Gasteiger charge is 2.25. The average Bonchev–Trinajstić information content (AvgIpc) is 2.74. The fraction of sp³-hybridized carbons (Fsp3) is 0.870. The van der Waals surface area contributed by atoms with Gasteiger partial charge in [0.1, 0.15) is 0 Å². The van der Waals surface area contributed by atoms with Gasteiger partial charge in [-0.2, -0.15) is 0 Å². The highest BCUT2D eigenvalue weighted by Crippen LogP contribution is 2.18. The highest BCUT2D eigenvalue weighted by molar-refractivity contribution is 5.79. The fourth-order valence-electron chi connectivity index (χ4n) is 4.54. The number of carbonyl (C=O) groups is 3. The molecule has 2 rings (SSSR count). The van der Waals surface area contributed by atoms with Crippen LogP contribution in [0.3, 0.4) is 0 Å². The van der Waals surface area contributed by atoms with Gasteiger partial charge in [0.05, 0.1) is 0 Å². The van der Waals surface area contributed by atoms with E-state index < -0.39 is 0 Å². The largest absolute Gasteiger partial charge is 0.343 e. The summed E-state index contributed by atoms with van der Waals surface area (Å²) in [5.41, 5.74) is 0. The number of carbonyl (C=O) groups excluding carboxylic acids is 3. The van der Waals surface area contributed by atoms with E-state index >= 15 is 0 Å². The summed E-state index contributed by atoms with van der Waals surface area (Å²) in [7, 11) is 0. The summed E-state index contributed by atoms with van der Waals surface area (Å²) < 4.78 is 0. The van der Waals surface area contributed by atoms with Crippen LogP contribution in [0, 0.1) is 0 Å². The van der Waals surface area contributed by atoms with Crippen molar-refractivity contribution in [2.24, 2.45) is 0 Å². The van der Waals surface area contributed by atoms with E-state index in [0.717, 1.165) is 51.6 Å². The van der Waals surface area contributed by atoms with Crippen LogP contribution in [-0.4, -0.2) is 65.9 Å². The first-order chi connectivity index (χ1) is 14.5. The Kier molecular flexibility index (Phi) is 11.0. The number of nitrogens with one attached hydrogen (secondary N) is 2. The Labute approximate surface area is 182 Å². The van der Waals surface area contributed by atoms with Crippen molar-refractivity contribution in [3.63, 3.8) is 0 Å². The van der Waals surface area contributed by atoms with Gasteiger partial charge in [0, 0.05) is 51.1 Å². The summed E-state index contributed by atoms with van der Waals surface area (Å²) in [5, 5.41) is 6.18. The monoisotopic (exact) mass is 422 g/mol. The molecule has 1 saturated heterocycles. The van der Waals surface area contributed by atoms with E-state index in [1.807, 2.05) is 9.80 Å². The molecule has 1 saturated carbocycles. The van der Waals surface area contributed by atoms with E-state index in [1.54, 1.807) is 0 Å². The van der Waals surface area contributed by atoms with Crippen LogP contribution in [0.2, 0.25) is 0 Å². The third-order valence-electron chi connectivity index (χ3n) is 6.24. The predicted octanol–water partition coefficient (Wildman–Crippen LogP) is 3.43. The van der Waals surface area contributed by atoms with Gasteiger partial charge in [-0.25, -0.2) is 4.79 Å². The molecule has 0 unspecified atom stereocenters. The maximum Gasteiger partial charge on any atom is 0.315 e. The number of amides is 4. The van der Waals surface area contributed by atoms with Crippen LogP contribution in [0.5, 0.6) is 0 Å². The molecule has 2 N–H and O–H groups in total. The second kappa shape index (κ2) is 13.5. The summed E-state index contributed by atoms with van der Waals surface area (Å²) in [6, 6.07) is 0.387. The molecule has 172 valence electrons. The van der Waals surface area contributed by atoms with Gasteiger partial charge >= 0.3 is 6.03 Å². The van der Waals surface area contributed by atoms with Crippen molar-refractivity contribution in [3.8, 4) is 0 Å². The van der Waals surface area contributed by atoms with E-state index in [9.17, 15) is 14.4 Å². The first-order valence-corrected chi connectivity index (χ1v) is 12.2. The fourth-order valence-corrected chi connectivity index (χ4v) is 4.54. The zero-order valence-electron chi connectivity index (χ0n) is 19.1. The topological polar surface area (TPSA) is 81.8 Å². The van der Waals surface area contributed by atoms with Crippen LogP contribution in [0.25, 0.3) is 0 Å². The Morgan fingerprint density at radius 3 is 1.97 bits per heavy atom. The van der Waals surface area contributed by atoms with Crippen molar-refractivity contribution >= 4 is 17.8 Å². The third-order valence-corrected chi connectivity index (χ3v) is 6.24. The minimum atomic E-state index is -0.0612. The average molecular weight is 423 g/mol. The zero-order chi connectivity index (χ0) is 21.8. The van der Waals surface area contributed by atoms with Crippen LogP contribution >= 0.6 is 0 Å². The molecule has 0 atom stereocenters. The van der Waals surface area contributed by atoms with Gasteiger partial charge in [-0.15, -0.1) is 0 Å². The minimum absolute atomic E-state index is 0.0612. The Bertz CT molecular complexity index is 535. The SMILES string of the molecule is CCCN(CCC)C(=O)CCCC(=O)N1CCC(NC(=O)NC2CCCCC2)CC1. The number of likely N-dealkylation sites (tertiary alicyclic amines) is 1. The molecule has 0 radical (unpaired) electrons. The van der Waals surface area contributed by atoms with Gasteiger partial charge in [-0.1, -0.05) is 33.1 Å². The van der Waals surface area contributed by atoms with Crippen LogP contribution in [-0.2, 0) is 9.59 Å². The van der Waals surface area contributed by atoms with Gasteiger partial charge in [0.2, 0.25) is 11.8 Å². The summed E-state index contributed by atoms with van der Waals surface area (Å²) in [5.74, 6) is 0.295. The lowest BCUT2D eigenvalue weighted by Gasteiger charge is -2.33. The summed E-state index contributed by atoms with van der Waals surface area (Å²) in [6.07, 6.45) is 10.8. The smallest absolute Gasteiger partial charge is 0.315 e. The van der Waals surface area contributed by atoms with Gasteiger partial charge in [-0.3, -0.25) is 9.59 Å². The number of urea groups is 1. The van der Waals surface area contributed by atoms with E-state index in [-0.39, 0.29) is 23.9 Å². The second-order valence-electron chi connectivity index (χ2n) is 8.84. The lowest BCUT2D eigenvalue weighted by Crippen LogP contribution is -2.51. The maximum atomic E-state index is 12.5. The molecule has 4 amide bonds. The molecular formula is C23H42N4O3. The third kappa shape index (κ3) is 8.52. The van der Waals surface area contributed by atoms with E-state index in [1.165, 1.54) is 19.3 Å². The van der Waals surface area contributed by atoms with Crippen molar-refractivity contribution in [2.45, 2.75) is 103 Å². The van der Waals surface area contributed by atoms with Crippen LogP contribution in [0.4, 0.5) is 4.79 Å². The maximum absolute atomic E-state index is 12.5. The van der Waals surface area contributed by atoms with Crippen LogP contribution in [0.15, 0.2) is 0 Å². The van der Waals surface area contributed by atoms with E-state index in [2.05, 4.69) is 24.5 Å².